The molecule has 0 saturated heterocycles. The Kier molecular flexibility index (Phi) is 3.98. The molecule has 92 valence electrons. The number of carbonyl (C=O) groups excluding carboxylic acids is 1. The molecule has 0 spiro atoms. The molecule has 0 aliphatic heterocycles. The molecule has 0 aromatic heterocycles. The predicted octanol–water partition coefficient (Wildman–Crippen LogP) is 1.83. The van der Waals surface area contributed by atoms with Crippen molar-refractivity contribution in [3.05, 3.63) is 35.9 Å². The lowest BCUT2D eigenvalue weighted by Gasteiger charge is -2.12. The maximum absolute atomic E-state index is 11.5. The lowest BCUT2D eigenvalue weighted by atomic mass is 10.2. The van der Waals surface area contributed by atoms with Crippen LogP contribution in [0.5, 0.6) is 0 Å². The average molecular weight is 235 g/mol. The first-order chi connectivity index (χ1) is 8.24. The fraction of sp³-hybridized carbons (Fsp3) is 0.462. The van der Waals surface area contributed by atoms with Crippen molar-refractivity contribution < 1.29 is 14.6 Å². The van der Waals surface area contributed by atoms with Crippen LogP contribution in [0, 0.1) is 0 Å². The van der Waals surface area contributed by atoms with Gasteiger partial charge in [0.05, 0.1) is 6.10 Å². The number of hydrogen-bond donors (Lipinski definition) is 2. The molecule has 2 rings (SSSR count). The predicted molar refractivity (Wildman–Crippen MR) is 63.4 cm³/mol. The third-order valence-corrected chi connectivity index (χ3v) is 2.94. The maximum atomic E-state index is 11.5. The van der Waals surface area contributed by atoms with Gasteiger partial charge in [-0.05, 0) is 24.8 Å². The molecule has 1 fully saturated rings. The minimum absolute atomic E-state index is 0.0493. The van der Waals surface area contributed by atoms with Crippen molar-refractivity contribution in [3.8, 4) is 0 Å². The standard InChI is InChI=1S/C13H17NO3/c15-12-7-6-11(8-12)14-13(16)17-9-10-4-2-1-3-5-10/h1-5,11-12,15H,6-9H2,(H,14,16)/t11-,12-/m1/s1. The van der Waals surface area contributed by atoms with Gasteiger partial charge in [-0.15, -0.1) is 0 Å². The summed E-state index contributed by atoms with van der Waals surface area (Å²) in [7, 11) is 0. The molecule has 2 atom stereocenters. The van der Waals surface area contributed by atoms with Gasteiger partial charge in [0.15, 0.2) is 0 Å². The van der Waals surface area contributed by atoms with Crippen molar-refractivity contribution in [2.75, 3.05) is 0 Å². The summed E-state index contributed by atoms with van der Waals surface area (Å²) in [6, 6.07) is 9.60. The third kappa shape index (κ3) is 3.75. The van der Waals surface area contributed by atoms with E-state index in [0.717, 1.165) is 18.4 Å². The van der Waals surface area contributed by atoms with Crippen LogP contribution >= 0.6 is 0 Å². The highest BCUT2D eigenvalue weighted by Crippen LogP contribution is 2.18. The average Bonchev–Trinajstić information content (AvgIpc) is 2.73. The Morgan fingerprint density at radius 1 is 1.35 bits per heavy atom. The van der Waals surface area contributed by atoms with Gasteiger partial charge in [-0.3, -0.25) is 0 Å². The molecule has 1 amide bonds. The quantitative estimate of drug-likeness (QED) is 0.840. The maximum Gasteiger partial charge on any atom is 0.407 e. The fourth-order valence-corrected chi connectivity index (χ4v) is 2.02. The van der Waals surface area contributed by atoms with Crippen molar-refractivity contribution >= 4 is 6.09 Å². The number of hydrogen-bond acceptors (Lipinski definition) is 3. The van der Waals surface area contributed by atoms with Gasteiger partial charge in [-0.1, -0.05) is 30.3 Å². The van der Waals surface area contributed by atoms with Crippen molar-refractivity contribution in [3.63, 3.8) is 0 Å². The topological polar surface area (TPSA) is 58.6 Å². The number of alkyl carbamates (subject to hydrolysis) is 1. The molecule has 1 aliphatic carbocycles. The molecule has 0 unspecified atom stereocenters. The molecule has 1 aromatic rings. The van der Waals surface area contributed by atoms with Crippen molar-refractivity contribution in [2.45, 2.75) is 38.0 Å². The van der Waals surface area contributed by atoms with E-state index in [1.54, 1.807) is 0 Å². The van der Waals surface area contributed by atoms with E-state index in [9.17, 15) is 9.90 Å². The number of aliphatic hydroxyl groups is 1. The fourth-order valence-electron chi connectivity index (χ4n) is 2.02. The number of aliphatic hydroxyl groups excluding tert-OH is 1. The molecule has 4 nitrogen and oxygen atoms in total. The van der Waals surface area contributed by atoms with Crippen LogP contribution in [0.25, 0.3) is 0 Å². The smallest absolute Gasteiger partial charge is 0.407 e. The molecule has 1 aliphatic rings. The molecule has 2 N–H and O–H groups in total. The summed E-state index contributed by atoms with van der Waals surface area (Å²) in [6.07, 6.45) is 1.51. The van der Waals surface area contributed by atoms with Crippen LogP contribution in [0.1, 0.15) is 24.8 Å². The number of carbonyl (C=O) groups is 1. The molecular formula is C13H17NO3. The summed E-state index contributed by atoms with van der Waals surface area (Å²) < 4.78 is 5.09. The van der Waals surface area contributed by atoms with Gasteiger partial charge in [0.25, 0.3) is 0 Å². The van der Waals surface area contributed by atoms with Gasteiger partial charge >= 0.3 is 6.09 Å². The Bertz CT molecular complexity index is 366. The van der Waals surface area contributed by atoms with Gasteiger partial charge in [0.2, 0.25) is 0 Å². The summed E-state index contributed by atoms with van der Waals surface area (Å²) in [5, 5.41) is 12.1. The summed E-state index contributed by atoms with van der Waals surface area (Å²) in [4.78, 5) is 11.5. The zero-order valence-corrected chi connectivity index (χ0v) is 9.63. The largest absolute Gasteiger partial charge is 0.445 e. The normalized spacial score (nSPS) is 23.4. The highest BCUT2D eigenvalue weighted by atomic mass is 16.5. The molecule has 17 heavy (non-hydrogen) atoms. The third-order valence-electron chi connectivity index (χ3n) is 2.94. The molecule has 0 radical (unpaired) electrons. The van der Waals surface area contributed by atoms with Crippen LogP contribution in [0.2, 0.25) is 0 Å². The number of benzene rings is 1. The number of rotatable bonds is 3. The Balaban J connectivity index is 1.71. The Morgan fingerprint density at radius 3 is 2.76 bits per heavy atom. The van der Waals surface area contributed by atoms with Crippen LogP contribution < -0.4 is 5.32 Å². The first kappa shape index (κ1) is 11.9. The minimum atomic E-state index is -0.409. The van der Waals surface area contributed by atoms with Gasteiger partial charge < -0.3 is 15.2 Å². The van der Waals surface area contributed by atoms with Crippen molar-refractivity contribution in [1.29, 1.82) is 0 Å². The Morgan fingerprint density at radius 2 is 2.12 bits per heavy atom. The highest BCUT2D eigenvalue weighted by Gasteiger charge is 2.24. The Labute approximate surface area is 101 Å². The monoisotopic (exact) mass is 235 g/mol. The Hall–Kier alpha value is -1.55. The lowest BCUT2D eigenvalue weighted by molar-refractivity contribution is 0.134. The van der Waals surface area contributed by atoms with E-state index in [1.165, 1.54) is 0 Å². The van der Waals surface area contributed by atoms with Crippen LogP contribution in [0.3, 0.4) is 0 Å². The number of nitrogens with one attached hydrogen (secondary N) is 1. The molecule has 4 heteroatoms. The second-order valence-electron chi connectivity index (χ2n) is 4.37. The van der Waals surface area contributed by atoms with E-state index in [4.69, 9.17) is 4.74 Å². The van der Waals surface area contributed by atoms with E-state index in [-0.39, 0.29) is 18.8 Å². The molecule has 0 bridgehead atoms. The summed E-state index contributed by atoms with van der Waals surface area (Å²) in [6.45, 7) is 0.280. The summed E-state index contributed by atoms with van der Waals surface area (Å²) in [5.74, 6) is 0. The second-order valence-corrected chi connectivity index (χ2v) is 4.37. The van der Waals surface area contributed by atoms with E-state index in [1.807, 2.05) is 30.3 Å². The van der Waals surface area contributed by atoms with E-state index < -0.39 is 6.09 Å². The van der Waals surface area contributed by atoms with Crippen LogP contribution in [0.15, 0.2) is 30.3 Å². The van der Waals surface area contributed by atoms with Gasteiger partial charge in [-0.2, -0.15) is 0 Å². The van der Waals surface area contributed by atoms with E-state index >= 15 is 0 Å². The van der Waals surface area contributed by atoms with E-state index in [2.05, 4.69) is 5.32 Å². The van der Waals surface area contributed by atoms with Gasteiger partial charge in [0.1, 0.15) is 6.61 Å². The zero-order valence-electron chi connectivity index (χ0n) is 9.63. The first-order valence-corrected chi connectivity index (χ1v) is 5.89. The van der Waals surface area contributed by atoms with E-state index in [0.29, 0.717) is 6.42 Å². The van der Waals surface area contributed by atoms with Crippen molar-refractivity contribution in [2.24, 2.45) is 0 Å². The van der Waals surface area contributed by atoms with Crippen LogP contribution in [0.4, 0.5) is 4.79 Å². The summed E-state index contributed by atoms with van der Waals surface area (Å²) in [5.41, 5.74) is 0.967. The summed E-state index contributed by atoms with van der Waals surface area (Å²) >= 11 is 0. The highest BCUT2D eigenvalue weighted by molar-refractivity contribution is 5.67. The van der Waals surface area contributed by atoms with Crippen LogP contribution in [-0.4, -0.2) is 23.3 Å². The second kappa shape index (κ2) is 5.68. The van der Waals surface area contributed by atoms with Gasteiger partial charge in [-0.25, -0.2) is 4.79 Å². The molecular weight excluding hydrogens is 218 g/mol. The molecule has 1 saturated carbocycles. The van der Waals surface area contributed by atoms with Gasteiger partial charge in [0, 0.05) is 6.04 Å². The van der Waals surface area contributed by atoms with Crippen molar-refractivity contribution in [1.82, 2.24) is 5.32 Å². The van der Waals surface area contributed by atoms with Crippen LogP contribution in [-0.2, 0) is 11.3 Å². The zero-order chi connectivity index (χ0) is 12.1. The minimum Gasteiger partial charge on any atom is -0.445 e. The molecule has 0 heterocycles. The SMILES string of the molecule is O=C(N[C@@H]1CC[C@@H](O)C1)OCc1ccccc1. The lowest BCUT2D eigenvalue weighted by Crippen LogP contribution is -2.33. The number of ether oxygens (including phenoxy) is 1. The first-order valence-electron chi connectivity index (χ1n) is 5.89. The number of amides is 1. The molecule has 1 aromatic carbocycles.